The molecule has 1 heteroatoms. The third-order valence-electron chi connectivity index (χ3n) is 2.07. The monoisotopic (exact) mass is 139 g/mol. The molecule has 1 aliphatic heterocycles. The van der Waals surface area contributed by atoms with Gasteiger partial charge in [-0.15, -0.1) is 0 Å². The fourth-order valence-electron chi connectivity index (χ4n) is 1.27. The van der Waals surface area contributed by atoms with E-state index in [0.29, 0.717) is 11.5 Å². The molecule has 1 aliphatic rings. The molecule has 58 valence electrons. The first-order valence-electron chi connectivity index (χ1n) is 3.99. The minimum Gasteiger partial charge on any atom is -0.310 e. The minimum absolute atomic E-state index is 0.408. The maximum absolute atomic E-state index is 3.47. The first-order chi connectivity index (χ1) is 4.61. The van der Waals surface area contributed by atoms with Crippen LogP contribution < -0.4 is 5.32 Å². The quantitative estimate of drug-likeness (QED) is 0.506. The highest BCUT2D eigenvalue weighted by molar-refractivity contribution is 4.97. The summed E-state index contributed by atoms with van der Waals surface area (Å²) in [6, 6.07) is 0.664. The van der Waals surface area contributed by atoms with Crippen LogP contribution in [0.25, 0.3) is 0 Å². The van der Waals surface area contributed by atoms with Crippen molar-refractivity contribution in [2.24, 2.45) is 5.41 Å². The molecule has 1 unspecified atom stereocenters. The Labute approximate surface area is 63.5 Å². The van der Waals surface area contributed by atoms with Crippen LogP contribution in [-0.4, -0.2) is 12.6 Å². The lowest BCUT2D eigenvalue weighted by Crippen LogP contribution is -2.41. The van der Waals surface area contributed by atoms with Crippen LogP contribution in [0.1, 0.15) is 27.2 Å². The van der Waals surface area contributed by atoms with Gasteiger partial charge < -0.3 is 5.32 Å². The molecule has 0 spiro atoms. The maximum Gasteiger partial charge on any atom is 0.0153 e. The normalized spacial score (nSPS) is 26.9. The molecule has 1 heterocycles. The average Bonchev–Trinajstić information content (AvgIpc) is 1.88. The lowest BCUT2D eigenvalue weighted by molar-refractivity contribution is 0.271. The van der Waals surface area contributed by atoms with Crippen molar-refractivity contribution in [3.63, 3.8) is 0 Å². The topological polar surface area (TPSA) is 12.0 Å². The van der Waals surface area contributed by atoms with Crippen LogP contribution in [0, 0.1) is 5.41 Å². The Morgan fingerprint density at radius 2 is 2.00 bits per heavy atom. The zero-order chi connectivity index (χ0) is 7.61. The van der Waals surface area contributed by atoms with E-state index in [-0.39, 0.29) is 0 Å². The van der Waals surface area contributed by atoms with E-state index in [1.807, 2.05) is 0 Å². The highest BCUT2D eigenvalue weighted by Gasteiger charge is 2.23. The predicted molar refractivity (Wildman–Crippen MR) is 45.0 cm³/mol. The van der Waals surface area contributed by atoms with Crippen molar-refractivity contribution in [2.75, 3.05) is 6.54 Å². The average molecular weight is 139 g/mol. The molecule has 10 heavy (non-hydrogen) atoms. The van der Waals surface area contributed by atoms with Gasteiger partial charge in [-0.25, -0.2) is 0 Å². The first-order valence-corrected chi connectivity index (χ1v) is 3.99. The second-order valence-electron chi connectivity index (χ2n) is 4.03. The summed E-state index contributed by atoms with van der Waals surface area (Å²) in [5.41, 5.74) is 0.408. The number of hydrogen-bond acceptors (Lipinski definition) is 1. The molecule has 1 rings (SSSR count). The fraction of sp³-hybridized carbons (Fsp3) is 0.778. The van der Waals surface area contributed by atoms with E-state index >= 15 is 0 Å². The van der Waals surface area contributed by atoms with E-state index < -0.39 is 0 Å². The Kier molecular flexibility index (Phi) is 2.14. The van der Waals surface area contributed by atoms with Crippen LogP contribution in [0.2, 0.25) is 0 Å². The maximum atomic E-state index is 3.47. The molecule has 0 aromatic carbocycles. The third kappa shape index (κ3) is 1.84. The molecule has 0 aliphatic carbocycles. The molecule has 0 bridgehead atoms. The molecule has 1 nitrogen and oxygen atoms in total. The number of hydrogen-bond donors (Lipinski definition) is 1. The minimum atomic E-state index is 0.408. The van der Waals surface area contributed by atoms with Gasteiger partial charge in [0.25, 0.3) is 0 Å². The smallest absolute Gasteiger partial charge is 0.0153 e. The summed E-state index contributed by atoms with van der Waals surface area (Å²) in [6.07, 6.45) is 5.65. The molecule has 1 atom stereocenters. The van der Waals surface area contributed by atoms with Crippen molar-refractivity contribution in [1.29, 1.82) is 0 Å². The van der Waals surface area contributed by atoms with E-state index in [9.17, 15) is 0 Å². The zero-order valence-corrected chi connectivity index (χ0v) is 7.15. The van der Waals surface area contributed by atoms with Gasteiger partial charge in [0.05, 0.1) is 0 Å². The van der Waals surface area contributed by atoms with Crippen molar-refractivity contribution in [1.82, 2.24) is 5.32 Å². The molecular weight excluding hydrogens is 122 g/mol. The fourth-order valence-corrected chi connectivity index (χ4v) is 1.27. The predicted octanol–water partition coefficient (Wildman–Crippen LogP) is 1.95. The van der Waals surface area contributed by atoms with Crippen molar-refractivity contribution in [3.05, 3.63) is 12.2 Å². The molecule has 0 saturated heterocycles. The highest BCUT2D eigenvalue weighted by Crippen LogP contribution is 2.23. The lowest BCUT2D eigenvalue weighted by atomic mass is 9.84. The summed E-state index contributed by atoms with van der Waals surface area (Å²) in [5.74, 6) is 0. The van der Waals surface area contributed by atoms with Gasteiger partial charge in [0, 0.05) is 12.6 Å². The second kappa shape index (κ2) is 2.75. The molecule has 0 saturated carbocycles. The Morgan fingerprint density at radius 1 is 1.30 bits per heavy atom. The van der Waals surface area contributed by atoms with Crippen LogP contribution in [0.3, 0.4) is 0 Å². The number of nitrogens with one attached hydrogen (secondary N) is 1. The molecule has 0 fully saturated rings. The molecule has 0 aromatic rings. The Hall–Kier alpha value is -0.300. The highest BCUT2D eigenvalue weighted by atomic mass is 14.9. The van der Waals surface area contributed by atoms with Gasteiger partial charge in [-0.1, -0.05) is 32.9 Å². The summed E-state index contributed by atoms with van der Waals surface area (Å²) in [4.78, 5) is 0. The molecule has 0 aromatic heterocycles. The van der Waals surface area contributed by atoms with E-state index in [0.717, 1.165) is 6.54 Å². The van der Waals surface area contributed by atoms with Gasteiger partial charge in [-0.05, 0) is 11.8 Å². The summed E-state index contributed by atoms with van der Waals surface area (Å²) >= 11 is 0. The van der Waals surface area contributed by atoms with Gasteiger partial charge in [0.1, 0.15) is 0 Å². The van der Waals surface area contributed by atoms with E-state index in [1.165, 1.54) is 6.42 Å². The Bertz CT molecular complexity index is 130. The van der Waals surface area contributed by atoms with Crippen LogP contribution in [0.5, 0.6) is 0 Å². The molecule has 1 N–H and O–H groups in total. The summed E-state index contributed by atoms with van der Waals surface area (Å²) in [6.45, 7) is 7.89. The summed E-state index contributed by atoms with van der Waals surface area (Å²) in [5, 5.41) is 3.47. The van der Waals surface area contributed by atoms with Crippen molar-refractivity contribution >= 4 is 0 Å². The van der Waals surface area contributed by atoms with Gasteiger partial charge in [0.15, 0.2) is 0 Å². The Balaban J connectivity index is 2.49. The largest absolute Gasteiger partial charge is 0.310 e. The standard InChI is InChI=1S/C9H17N/c1-9(2,3)8-6-4-5-7-10-8/h4-5,8,10H,6-7H2,1-3H3. The van der Waals surface area contributed by atoms with E-state index in [2.05, 4.69) is 38.2 Å². The van der Waals surface area contributed by atoms with Crippen molar-refractivity contribution in [3.8, 4) is 0 Å². The molecular formula is C9H17N. The van der Waals surface area contributed by atoms with Crippen molar-refractivity contribution in [2.45, 2.75) is 33.2 Å². The summed E-state index contributed by atoms with van der Waals surface area (Å²) < 4.78 is 0. The lowest BCUT2D eigenvalue weighted by Gasteiger charge is -2.32. The van der Waals surface area contributed by atoms with Crippen molar-refractivity contribution < 1.29 is 0 Å². The Morgan fingerprint density at radius 3 is 2.30 bits per heavy atom. The number of rotatable bonds is 0. The van der Waals surface area contributed by atoms with Gasteiger partial charge in [0.2, 0.25) is 0 Å². The molecule has 0 radical (unpaired) electrons. The van der Waals surface area contributed by atoms with Gasteiger partial charge in [-0.2, -0.15) is 0 Å². The van der Waals surface area contributed by atoms with Crippen LogP contribution >= 0.6 is 0 Å². The van der Waals surface area contributed by atoms with E-state index in [4.69, 9.17) is 0 Å². The van der Waals surface area contributed by atoms with Crippen LogP contribution in [0.4, 0.5) is 0 Å². The van der Waals surface area contributed by atoms with Crippen LogP contribution in [0.15, 0.2) is 12.2 Å². The third-order valence-corrected chi connectivity index (χ3v) is 2.07. The van der Waals surface area contributed by atoms with Gasteiger partial charge >= 0.3 is 0 Å². The zero-order valence-electron chi connectivity index (χ0n) is 7.15. The molecule has 0 amide bonds. The SMILES string of the molecule is CC(C)(C)C1CC=CCN1. The summed E-state index contributed by atoms with van der Waals surface area (Å²) in [7, 11) is 0. The van der Waals surface area contributed by atoms with Gasteiger partial charge in [-0.3, -0.25) is 0 Å². The van der Waals surface area contributed by atoms with Crippen LogP contribution in [-0.2, 0) is 0 Å². The first kappa shape index (κ1) is 7.80. The second-order valence-corrected chi connectivity index (χ2v) is 4.03. The van der Waals surface area contributed by atoms with E-state index in [1.54, 1.807) is 0 Å².